The summed E-state index contributed by atoms with van der Waals surface area (Å²) in [6.45, 7) is 0.551. The molecule has 2 aromatic rings. The highest BCUT2D eigenvalue weighted by molar-refractivity contribution is 7.80. The second kappa shape index (κ2) is 5.27. The van der Waals surface area contributed by atoms with Crippen molar-refractivity contribution in [3.63, 3.8) is 0 Å². The van der Waals surface area contributed by atoms with E-state index in [9.17, 15) is 4.79 Å². The first-order chi connectivity index (χ1) is 8.56. The second-order valence-electron chi connectivity index (χ2n) is 4.23. The summed E-state index contributed by atoms with van der Waals surface area (Å²) >= 11 is 4.20. The number of aromatic nitrogens is 2. The van der Waals surface area contributed by atoms with Gasteiger partial charge in [-0.2, -0.15) is 5.10 Å². The zero-order chi connectivity index (χ0) is 13.1. The molecule has 0 fully saturated rings. The zero-order valence-corrected chi connectivity index (χ0v) is 11.3. The van der Waals surface area contributed by atoms with E-state index in [4.69, 9.17) is 0 Å². The predicted octanol–water partition coefficient (Wildman–Crippen LogP) is 1.98. The summed E-state index contributed by atoms with van der Waals surface area (Å²) in [7, 11) is 3.64. The van der Waals surface area contributed by atoms with Gasteiger partial charge in [0.1, 0.15) is 0 Å². The van der Waals surface area contributed by atoms with E-state index >= 15 is 0 Å². The predicted molar refractivity (Wildman–Crippen MR) is 72.7 cm³/mol. The van der Waals surface area contributed by atoms with E-state index < -0.39 is 0 Å². The molecule has 0 aliphatic rings. The van der Waals surface area contributed by atoms with Crippen LogP contribution in [0.2, 0.25) is 0 Å². The minimum Gasteiger partial charge on any atom is -0.337 e. The van der Waals surface area contributed by atoms with Gasteiger partial charge in [0, 0.05) is 42.9 Å². The summed E-state index contributed by atoms with van der Waals surface area (Å²) < 4.78 is 1.73. The fourth-order valence-electron chi connectivity index (χ4n) is 1.72. The highest BCUT2D eigenvalue weighted by Crippen LogP contribution is 2.11. The Morgan fingerprint density at radius 2 is 2.06 bits per heavy atom. The first kappa shape index (κ1) is 12.7. The molecule has 0 aliphatic heterocycles. The largest absolute Gasteiger partial charge is 0.337 e. The van der Waals surface area contributed by atoms with Crippen molar-refractivity contribution in [3.8, 4) is 0 Å². The Hall–Kier alpha value is -1.75. The Balaban J connectivity index is 2.07. The summed E-state index contributed by atoms with van der Waals surface area (Å²) in [4.78, 5) is 14.7. The first-order valence-corrected chi connectivity index (χ1v) is 6.03. The van der Waals surface area contributed by atoms with Crippen molar-refractivity contribution in [2.45, 2.75) is 11.4 Å². The van der Waals surface area contributed by atoms with E-state index in [1.54, 1.807) is 35.0 Å². The molecular formula is C13H15N3OS. The first-order valence-electron chi connectivity index (χ1n) is 5.58. The molecule has 0 radical (unpaired) electrons. The number of hydrogen-bond acceptors (Lipinski definition) is 3. The molecule has 0 spiro atoms. The van der Waals surface area contributed by atoms with Gasteiger partial charge in [-0.25, -0.2) is 0 Å². The molecule has 0 N–H and O–H groups in total. The van der Waals surface area contributed by atoms with Gasteiger partial charge in [0.25, 0.3) is 5.91 Å². The van der Waals surface area contributed by atoms with Crippen molar-refractivity contribution in [3.05, 3.63) is 47.8 Å². The minimum absolute atomic E-state index is 0.00723. The number of thiol groups is 1. The molecule has 0 atom stereocenters. The molecule has 4 nitrogen and oxygen atoms in total. The maximum atomic E-state index is 12.1. The molecule has 0 saturated carbocycles. The molecule has 0 unspecified atom stereocenters. The lowest BCUT2D eigenvalue weighted by Crippen LogP contribution is -2.25. The molecule has 2 rings (SSSR count). The van der Waals surface area contributed by atoms with Crippen LogP contribution in [0.5, 0.6) is 0 Å². The van der Waals surface area contributed by atoms with Crippen molar-refractivity contribution >= 4 is 18.5 Å². The summed E-state index contributed by atoms with van der Waals surface area (Å²) in [5.74, 6) is -0.00723. The molecule has 0 aliphatic carbocycles. The van der Waals surface area contributed by atoms with Gasteiger partial charge >= 0.3 is 0 Å². The standard InChI is InChI=1S/C13H15N3OS/c1-15(8-10-7-14-16(2)9-10)13(17)11-3-5-12(18)6-4-11/h3-7,9,18H,8H2,1-2H3. The third-order valence-corrected chi connectivity index (χ3v) is 2.94. The molecule has 1 aromatic carbocycles. The Morgan fingerprint density at radius 3 is 2.61 bits per heavy atom. The average Bonchev–Trinajstić information content (AvgIpc) is 2.75. The minimum atomic E-state index is -0.00723. The molecule has 18 heavy (non-hydrogen) atoms. The third kappa shape index (κ3) is 2.92. The van der Waals surface area contributed by atoms with Crippen LogP contribution in [0.3, 0.4) is 0 Å². The fourth-order valence-corrected chi connectivity index (χ4v) is 1.87. The van der Waals surface area contributed by atoms with Crippen LogP contribution in [0, 0.1) is 0 Å². The van der Waals surface area contributed by atoms with E-state index in [0.717, 1.165) is 10.5 Å². The van der Waals surface area contributed by atoms with Gasteiger partial charge in [0.05, 0.1) is 6.20 Å². The van der Waals surface area contributed by atoms with Crippen LogP contribution in [-0.4, -0.2) is 27.6 Å². The van der Waals surface area contributed by atoms with Crippen molar-refractivity contribution in [1.82, 2.24) is 14.7 Å². The number of benzene rings is 1. The molecule has 0 bridgehead atoms. The number of rotatable bonds is 3. The van der Waals surface area contributed by atoms with Crippen molar-refractivity contribution in [2.75, 3.05) is 7.05 Å². The van der Waals surface area contributed by atoms with Crippen LogP contribution in [0.1, 0.15) is 15.9 Å². The average molecular weight is 261 g/mol. The number of hydrogen-bond donors (Lipinski definition) is 1. The van der Waals surface area contributed by atoms with Gasteiger partial charge in [0.2, 0.25) is 0 Å². The normalized spacial score (nSPS) is 10.4. The van der Waals surface area contributed by atoms with Crippen LogP contribution in [-0.2, 0) is 13.6 Å². The molecular weight excluding hydrogens is 246 g/mol. The van der Waals surface area contributed by atoms with Crippen molar-refractivity contribution < 1.29 is 4.79 Å². The lowest BCUT2D eigenvalue weighted by atomic mass is 10.2. The maximum Gasteiger partial charge on any atom is 0.253 e. The van der Waals surface area contributed by atoms with Crippen LogP contribution in [0.4, 0.5) is 0 Å². The summed E-state index contributed by atoms with van der Waals surface area (Å²) in [6, 6.07) is 7.19. The Kier molecular flexibility index (Phi) is 3.72. The highest BCUT2D eigenvalue weighted by Gasteiger charge is 2.12. The van der Waals surface area contributed by atoms with E-state index in [-0.39, 0.29) is 5.91 Å². The van der Waals surface area contributed by atoms with Crippen molar-refractivity contribution in [2.24, 2.45) is 7.05 Å². The number of aryl methyl sites for hydroxylation is 1. The molecule has 1 aromatic heterocycles. The fraction of sp³-hybridized carbons (Fsp3) is 0.231. The molecule has 1 amide bonds. The molecule has 0 saturated heterocycles. The summed E-state index contributed by atoms with van der Waals surface area (Å²) in [6.07, 6.45) is 3.67. The van der Waals surface area contributed by atoms with Crippen molar-refractivity contribution in [1.29, 1.82) is 0 Å². The zero-order valence-electron chi connectivity index (χ0n) is 10.4. The smallest absolute Gasteiger partial charge is 0.253 e. The van der Waals surface area contributed by atoms with Gasteiger partial charge in [0.15, 0.2) is 0 Å². The van der Waals surface area contributed by atoms with Gasteiger partial charge in [-0.15, -0.1) is 12.6 Å². The Bertz CT molecular complexity index is 548. The number of carbonyl (C=O) groups excluding carboxylic acids is 1. The Labute approximate surface area is 112 Å². The van der Waals surface area contributed by atoms with E-state index in [1.165, 1.54) is 0 Å². The number of nitrogens with zero attached hydrogens (tertiary/aromatic N) is 3. The SMILES string of the molecule is CN(Cc1cnn(C)c1)C(=O)c1ccc(S)cc1. The van der Waals surface area contributed by atoms with Crippen LogP contribution < -0.4 is 0 Å². The lowest BCUT2D eigenvalue weighted by Gasteiger charge is -2.16. The summed E-state index contributed by atoms with van der Waals surface area (Å²) in [5, 5.41) is 4.08. The van der Waals surface area contributed by atoms with Crippen LogP contribution >= 0.6 is 12.6 Å². The van der Waals surface area contributed by atoms with Gasteiger partial charge in [-0.1, -0.05) is 0 Å². The van der Waals surface area contributed by atoms with Gasteiger partial charge in [-0.3, -0.25) is 9.48 Å². The molecule has 94 valence electrons. The number of carbonyl (C=O) groups is 1. The van der Waals surface area contributed by atoms with Crippen LogP contribution in [0.25, 0.3) is 0 Å². The quantitative estimate of drug-likeness (QED) is 0.858. The molecule has 5 heteroatoms. The van der Waals surface area contributed by atoms with E-state index in [1.807, 2.05) is 25.4 Å². The van der Waals surface area contributed by atoms with Crippen LogP contribution in [0.15, 0.2) is 41.6 Å². The maximum absolute atomic E-state index is 12.1. The molecule has 1 heterocycles. The van der Waals surface area contributed by atoms with E-state index in [0.29, 0.717) is 12.1 Å². The third-order valence-electron chi connectivity index (χ3n) is 2.64. The summed E-state index contributed by atoms with van der Waals surface area (Å²) in [5.41, 5.74) is 1.68. The van der Waals surface area contributed by atoms with Gasteiger partial charge < -0.3 is 4.90 Å². The van der Waals surface area contributed by atoms with E-state index in [2.05, 4.69) is 17.7 Å². The topological polar surface area (TPSA) is 38.1 Å². The monoisotopic (exact) mass is 261 g/mol. The lowest BCUT2D eigenvalue weighted by molar-refractivity contribution is 0.0785. The Morgan fingerprint density at radius 1 is 1.39 bits per heavy atom. The second-order valence-corrected chi connectivity index (χ2v) is 4.75. The van der Waals surface area contributed by atoms with Gasteiger partial charge in [-0.05, 0) is 24.3 Å². The highest BCUT2D eigenvalue weighted by atomic mass is 32.1. The number of amides is 1.